The highest BCUT2D eigenvalue weighted by Crippen LogP contribution is 2.25. The number of ether oxygens (including phenoxy) is 1. The Morgan fingerprint density at radius 3 is 2.42 bits per heavy atom. The quantitative estimate of drug-likeness (QED) is 0.332. The molecule has 38 heavy (non-hydrogen) atoms. The predicted molar refractivity (Wildman–Crippen MR) is 133 cm³/mol. The minimum atomic E-state index is -2.75. The highest BCUT2D eigenvalue weighted by molar-refractivity contribution is 5.95. The first-order valence-corrected chi connectivity index (χ1v) is 12.0. The van der Waals surface area contributed by atoms with Crippen LogP contribution in [0.2, 0.25) is 0 Å². The van der Waals surface area contributed by atoms with Crippen molar-refractivity contribution in [1.82, 2.24) is 25.2 Å². The van der Waals surface area contributed by atoms with Gasteiger partial charge in [-0.3, -0.25) is 14.8 Å². The lowest BCUT2D eigenvalue weighted by Crippen LogP contribution is -2.45. The van der Waals surface area contributed by atoms with E-state index in [1.165, 1.54) is 9.47 Å². The smallest absolute Gasteiger partial charge is 0.410 e. The standard InChI is InChI=1S/C26H29F2N5O5/c1-26(2,3)38-25(36)32-13-17(24(35)31-37)19(14-32)30-23(34)16-10-8-15(9-11-16)12-33-20-7-5-4-6-18(20)29-22(33)21(27)28/h4-11,17,19,21,37H,12-14H2,1-3H3,(H,30,34)(H,31,35)/t17-,19+/m0/s1. The third kappa shape index (κ3) is 5.91. The molecule has 0 spiro atoms. The van der Waals surface area contributed by atoms with Crippen LogP contribution in [0.1, 0.15) is 48.9 Å². The second-order valence-corrected chi connectivity index (χ2v) is 10.1. The average Bonchev–Trinajstić information content (AvgIpc) is 3.45. The van der Waals surface area contributed by atoms with Crippen LogP contribution in [-0.2, 0) is 16.1 Å². The Morgan fingerprint density at radius 2 is 1.79 bits per heavy atom. The topological polar surface area (TPSA) is 126 Å². The maximum atomic E-state index is 13.6. The summed E-state index contributed by atoms with van der Waals surface area (Å²) in [5, 5.41) is 11.9. The van der Waals surface area contributed by atoms with Crippen molar-refractivity contribution in [3.8, 4) is 0 Å². The van der Waals surface area contributed by atoms with Gasteiger partial charge in [0.2, 0.25) is 5.91 Å². The van der Waals surface area contributed by atoms with Crippen LogP contribution in [0.4, 0.5) is 13.6 Å². The van der Waals surface area contributed by atoms with Crippen LogP contribution in [0.5, 0.6) is 0 Å². The molecule has 0 saturated carbocycles. The fourth-order valence-electron chi connectivity index (χ4n) is 4.40. The number of alkyl halides is 2. The molecule has 0 radical (unpaired) electrons. The van der Waals surface area contributed by atoms with Crippen LogP contribution in [0.3, 0.4) is 0 Å². The Hall–Kier alpha value is -4.06. The average molecular weight is 530 g/mol. The molecule has 4 rings (SSSR count). The van der Waals surface area contributed by atoms with Crippen LogP contribution >= 0.6 is 0 Å². The van der Waals surface area contributed by atoms with E-state index in [1.54, 1.807) is 74.8 Å². The Balaban J connectivity index is 1.47. The number of nitrogens with zero attached hydrogens (tertiary/aromatic N) is 3. The first-order valence-electron chi connectivity index (χ1n) is 12.0. The molecule has 0 bridgehead atoms. The summed E-state index contributed by atoms with van der Waals surface area (Å²) in [6.07, 6.45) is -3.38. The van der Waals surface area contributed by atoms with E-state index in [4.69, 9.17) is 9.94 Å². The lowest BCUT2D eigenvalue weighted by atomic mass is 10.0. The molecule has 1 aliphatic rings. The number of fused-ring (bicyclic) bond motifs is 1. The van der Waals surface area contributed by atoms with Crippen molar-refractivity contribution < 1.29 is 33.1 Å². The first kappa shape index (κ1) is 27.0. The van der Waals surface area contributed by atoms with Crippen LogP contribution in [0.15, 0.2) is 48.5 Å². The van der Waals surface area contributed by atoms with Gasteiger partial charge in [0.1, 0.15) is 5.60 Å². The molecule has 3 N–H and O–H groups in total. The van der Waals surface area contributed by atoms with Crippen LogP contribution < -0.4 is 10.8 Å². The Kier molecular flexibility index (Phi) is 7.63. The van der Waals surface area contributed by atoms with Crippen molar-refractivity contribution in [2.75, 3.05) is 13.1 Å². The van der Waals surface area contributed by atoms with E-state index in [-0.39, 0.29) is 31.0 Å². The minimum Gasteiger partial charge on any atom is -0.444 e. The van der Waals surface area contributed by atoms with Gasteiger partial charge in [0, 0.05) is 25.2 Å². The van der Waals surface area contributed by atoms with E-state index in [0.717, 1.165) is 0 Å². The van der Waals surface area contributed by atoms with Gasteiger partial charge in [-0.15, -0.1) is 0 Å². The summed E-state index contributed by atoms with van der Waals surface area (Å²) in [6, 6.07) is 12.5. The van der Waals surface area contributed by atoms with Crippen molar-refractivity contribution in [3.05, 3.63) is 65.5 Å². The molecule has 0 unspecified atom stereocenters. The highest BCUT2D eigenvalue weighted by atomic mass is 19.3. The van der Waals surface area contributed by atoms with Crippen LogP contribution in [-0.4, -0.2) is 62.3 Å². The summed E-state index contributed by atoms with van der Waals surface area (Å²) < 4.78 is 34.0. The summed E-state index contributed by atoms with van der Waals surface area (Å²) in [5.41, 5.74) is 2.84. The third-order valence-corrected chi connectivity index (χ3v) is 6.17. The second-order valence-electron chi connectivity index (χ2n) is 10.1. The number of carbonyl (C=O) groups is 3. The van der Waals surface area contributed by atoms with Gasteiger partial charge in [-0.25, -0.2) is 24.0 Å². The monoisotopic (exact) mass is 529 g/mol. The maximum absolute atomic E-state index is 13.6. The molecule has 2 heterocycles. The summed E-state index contributed by atoms with van der Waals surface area (Å²) in [6.45, 7) is 5.24. The number of imidazole rings is 1. The number of rotatable bonds is 6. The predicted octanol–water partition coefficient (Wildman–Crippen LogP) is 3.49. The Bertz CT molecular complexity index is 1340. The highest BCUT2D eigenvalue weighted by Gasteiger charge is 2.42. The molecule has 3 aromatic rings. The number of likely N-dealkylation sites (tertiary alicyclic amines) is 1. The van der Waals surface area contributed by atoms with E-state index >= 15 is 0 Å². The van der Waals surface area contributed by atoms with Crippen molar-refractivity contribution in [3.63, 3.8) is 0 Å². The second kappa shape index (κ2) is 10.7. The molecule has 1 saturated heterocycles. The molecule has 10 nitrogen and oxygen atoms in total. The van der Waals surface area contributed by atoms with Gasteiger partial charge in [-0.2, -0.15) is 0 Å². The molecule has 3 amide bonds. The molecular weight excluding hydrogens is 500 g/mol. The summed E-state index contributed by atoms with van der Waals surface area (Å²) in [5.74, 6) is -2.46. The number of halogens is 2. The van der Waals surface area contributed by atoms with Gasteiger partial charge in [0.25, 0.3) is 12.3 Å². The molecule has 0 aliphatic carbocycles. The molecule has 2 atom stereocenters. The first-order chi connectivity index (χ1) is 18.0. The fraction of sp³-hybridized carbons (Fsp3) is 0.385. The maximum Gasteiger partial charge on any atom is 0.410 e. The van der Waals surface area contributed by atoms with Gasteiger partial charge in [0.15, 0.2) is 5.82 Å². The lowest BCUT2D eigenvalue weighted by Gasteiger charge is -2.24. The third-order valence-electron chi connectivity index (χ3n) is 6.17. The zero-order valence-electron chi connectivity index (χ0n) is 21.1. The van der Waals surface area contributed by atoms with Gasteiger partial charge < -0.3 is 19.5 Å². The summed E-state index contributed by atoms with van der Waals surface area (Å²) >= 11 is 0. The van der Waals surface area contributed by atoms with Crippen molar-refractivity contribution in [2.24, 2.45) is 5.92 Å². The van der Waals surface area contributed by atoms with E-state index in [1.807, 2.05) is 0 Å². The number of aromatic nitrogens is 2. The zero-order chi connectivity index (χ0) is 27.6. The van der Waals surface area contributed by atoms with E-state index < -0.39 is 41.9 Å². The number of nitrogens with one attached hydrogen (secondary N) is 2. The normalized spacial score (nSPS) is 17.6. The molecular formula is C26H29F2N5O5. The number of hydroxylamine groups is 1. The van der Waals surface area contributed by atoms with Gasteiger partial charge in [-0.05, 0) is 50.6 Å². The van der Waals surface area contributed by atoms with Crippen LogP contribution in [0.25, 0.3) is 11.0 Å². The number of hydrogen-bond donors (Lipinski definition) is 3. The lowest BCUT2D eigenvalue weighted by molar-refractivity contribution is -0.133. The number of hydrogen-bond acceptors (Lipinski definition) is 6. The van der Waals surface area contributed by atoms with Gasteiger partial charge >= 0.3 is 6.09 Å². The van der Waals surface area contributed by atoms with Gasteiger partial charge in [0.05, 0.1) is 23.0 Å². The van der Waals surface area contributed by atoms with E-state index in [9.17, 15) is 23.2 Å². The molecule has 1 fully saturated rings. The minimum absolute atomic E-state index is 0.0148. The summed E-state index contributed by atoms with van der Waals surface area (Å²) in [7, 11) is 0. The fourth-order valence-corrected chi connectivity index (χ4v) is 4.40. The van der Waals surface area contributed by atoms with Gasteiger partial charge in [-0.1, -0.05) is 24.3 Å². The number of benzene rings is 2. The molecule has 2 aromatic carbocycles. The zero-order valence-corrected chi connectivity index (χ0v) is 21.1. The Labute approximate surface area is 217 Å². The van der Waals surface area contributed by atoms with Crippen molar-refractivity contribution >= 4 is 28.9 Å². The Morgan fingerprint density at radius 1 is 1.11 bits per heavy atom. The molecule has 202 valence electrons. The summed E-state index contributed by atoms with van der Waals surface area (Å²) in [4.78, 5) is 43.0. The molecule has 1 aromatic heterocycles. The van der Waals surface area contributed by atoms with E-state index in [2.05, 4.69) is 10.3 Å². The number of amides is 3. The van der Waals surface area contributed by atoms with Crippen LogP contribution in [0, 0.1) is 5.92 Å². The molecule has 12 heteroatoms. The number of carbonyl (C=O) groups excluding carboxylic acids is 3. The van der Waals surface area contributed by atoms with Crippen molar-refractivity contribution in [1.29, 1.82) is 0 Å². The number of para-hydroxylation sites is 2. The van der Waals surface area contributed by atoms with E-state index in [0.29, 0.717) is 16.6 Å². The van der Waals surface area contributed by atoms with Crippen molar-refractivity contribution in [2.45, 2.75) is 45.4 Å². The molecule has 1 aliphatic heterocycles. The largest absolute Gasteiger partial charge is 0.444 e. The SMILES string of the molecule is CC(C)(C)OC(=O)N1C[C@H](C(=O)NO)[C@H](NC(=O)c2ccc(Cn3c(C(F)F)nc4ccccc43)cc2)C1.